The van der Waals surface area contributed by atoms with E-state index < -0.39 is 35.1 Å². The van der Waals surface area contributed by atoms with Gasteiger partial charge in [0.15, 0.2) is 11.6 Å². The first kappa shape index (κ1) is 37.7. The SMILES string of the molecule is Cc1cccc(F)c1NC(=O)c1cc2c(s1)-c1cc(F)c(F)cc1N(C)CC2.O=Cc1ccc(NC(=O)c2cc(F)cnc2N2CC3(CCOCC3)C2)cc1. The summed E-state index contributed by atoms with van der Waals surface area (Å²) in [6.45, 7) is 5.43. The fraction of sp³-hybridized carbons (Fsp3) is 0.268. The zero-order valence-electron chi connectivity index (χ0n) is 30.1. The summed E-state index contributed by atoms with van der Waals surface area (Å²) in [7, 11) is 1.82. The highest BCUT2D eigenvalue weighted by Gasteiger charge is 2.45. The lowest BCUT2D eigenvalue weighted by molar-refractivity contribution is -0.000516. The van der Waals surface area contributed by atoms with Gasteiger partial charge in [0.1, 0.15) is 23.7 Å². The molecule has 55 heavy (non-hydrogen) atoms. The molecule has 3 aromatic carbocycles. The van der Waals surface area contributed by atoms with Gasteiger partial charge in [-0.05, 0) is 85.8 Å². The van der Waals surface area contributed by atoms with Crippen molar-refractivity contribution in [2.45, 2.75) is 26.2 Å². The topological polar surface area (TPSA) is 104 Å². The van der Waals surface area contributed by atoms with Gasteiger partial charge < -0.3 is 25.2 Å². The number of likely N-dealkylation sites (N-methyl/N-ethyl adjacent to an activating group) is 1. The standard InChI is InChI=1S/C21H17F3N2OS.C20H20FN3O3/c1-11-4-3-5-14(22)19(11)25-21(27)18-8-12-6-7-26(2)17-10-16(24)15(23)9-13(17)20(12)28-18;21-15-9-17(19(26)23-16-3-1-14(11-25)2-4-16)18(22-10-15)24-12-20(13-24)5-7-27-8-6-20/h3-5,8-10H,6-7H2,1-2H3,(H,25,27);1-4,9-11H,5-8,12-13H2,(H,23,26). The number of hydrogen-bond donors (Lipinski definition) is 2. The van der Waals surface area contributed by atoms with Gasteiger partial charge in [0.2, 0.25) is 0 Å². The van der Waals surface area contributed by atoms with Gasteiger partial charge >= 0.3 is 0 Å². The van der Waals surface area contributed by atoms with Crippen molar-refractivity contribution >= 4 is 52.3 Å². The number of rotatable bonds is 6. The maximum atomic E-state index is 14.0. The van der Waals surface area contributed by atoms with Crippen LogP contribution in [0.4, 0.5) is 40.4 Å². The lowest BCUT2D eigenvalue weighted by Gasteiger charge is -2.53. The first-order chi connectivity index (χ1) is 26.4. The Morgan fingerprint density at radius 1 is 0.909 bits per heavy atom. The predicted molar refractivity (Wildman–Crippen MR) is 204 cm³/mol. The van der Waals surface area contributed by atoms with Crippen LogP contribution < -0.4 is 20.4 Å². The molecule has 5 heterocycles. The summed E-state index contributed by atoms with van der Waals surface area (Å²) in [5.41, 5.74) is 4.26. The minimum absolute atomic E-state index is 0.143. The maximum Gasteiger partial charge on any atom is 0.265 e. The number of nitrogens with one attached hydrogen (secondary N) is 2. The molecule has 5 aromatic rings. The lowest BCUT2D eigenvalue weighted by Crippen LogP contribution is -2.59. The summed E-state index contributed by atoms with van der Waals surface area (Å²) in [6.07, 6.45) is 4.49. The summed E-state index contributed by atoms with van der Waals surface area (Å²) in [5, 5.41) is 5.37. The van der Waals surface area contributed by atoms with E-state index in [-0.39, 0.29) is 16.7 Å². The number of aryl methyl sites for hydroxylation is 1. The molecule has 0 radical (unpaired) electrons. The van der Waals surface area contributed by atoms with Gasteiger partial charge in [0.05, 0.1) is 22.3 Å². The number of ether oxygens (including phenoxy) is 1. The van der Waals surface area contributed by atoms with Gasteiger partial charge in [0, 0.05) is 78.8 Å². The van der Waals surface area contributed by atoms with Crippen molar-refractivity contribution in [1.82, 2.24) is 4.98 Å². The molecule has 14 heteroatoms. The van der Waals surface area contributed by atoms with Crippen molar-refractivity contribution in [3.63, 3.8) is 0 Å². The van der Waals surface area contributed by atoms with E-state index in [4.69, 9.17) is 4.74 Å². The van der Waals surface area contributed by atoms with Crippen LogP contribution in [-0.2, 0) is 11.2 Å². The average Bonchev–Trinajstić information content (AvgIpc) is 3.56. The van der Waals surface area contributed by atoms with Crippen molar-refractivity contribution in [2.24, 2.45) is 5.41 Å². The quantitative estimate of drug-likeness (QED) is 0.132. The molecule has 0 atom stereocenters. The van der Waals surface area contributed by atoms with E-state index in [0.717, 1.165) is 62.1 Å². The van der Waals surface area contributed by atoms with E-state index in [1.165, 1.54) is 35.6 Å². The van der Waals surface area contributed by atoms with Gasteiger partial charge in [0.25, 0.3) is 11.8 Å². The Balaban J connectivity index is 0.000000169. The van der Waals surface area contributed by atoms with Crippen LogP contribution in [0.5, 0.6) is 0 Å². The largest absolute Gasteiger partial charge is 0.381 e. The fourth-order valence-corrected chi connectivity index (χ4v) is 8.22. The molecular formula is C41H37F4N5O4S. The van der Waals surface area contributed by atoms with Crippen LogP contribution in [0.1, 0.15) is 54.4 Å². The van der Waals surface area contributed by atoms with Gasteiger partial charge in [-0.3, -0.25) is 14.4 Å². The molecule has 2 N–H and O–H groups in total. The second-order valence-corrected chi connectivity index (χ2v) is 15.0. The molecular weight excluding hydrogens is 735 g/mol. The van der Waals surface area contributed by atoms with E-state index >= 15 is 0 Å². The van der Waals surface area contributed by atoms with E-state index in [1.807, 2.05) is 16.8 Å². The molecule has 0 saturated carbocycles. The van der Waals surface area contributed by atoms with E-state index in [9.17, 15) is 31.9 Å². The highest BCUT2D eigenvalue weighted by molar-refractivity contribution is 7.17. The minimum Gasteiger partial charge on any atom is -0.381 e. The summed E-state index contributed by atoms with van der Waals surface area (Å²) in [4.78, 5) is 45.4. The van der Waals surface area contributed by atoms with Crippen LogP contribution >= 0.6 is 11.3 Å². The first-order valence-electron chi connectivity index (χ1n) is 17.7. The number of carbonyl (C=O) groups is 3. The normalized spacial score (nSPS) is 15.5. The monoisotopic (exact) mass is 771 g/mol. The second-order valence-electron chi connectivity index (χ2n) is 14.0. The Morgan fingerprint density at radius 2 is 1.64 bits per heavy atom. The summed E-state index contributed by atoms with van der Waals surface area (Å²) in [6, 6.07) is 16.4. The Kier molecular flexibility index (Phi) is 10.7. The Morgan fingerprint density at radius 3 is 2.35 bits per heavy atom. The highest BCUT2D eigenvalue weighted by atomic mass is 32.1. The Hall–Kier alpha value is -5.60. The molecule has 2 amide bonds. The number of amides is 2. The molecule has 2 aromatic heterocycles. The summed E-state index contributed by atoms with van der Waals surface area (Å²) < 4.78 is 60.9. The molecule has 9 nitrogen and oxygen atoms in total. The van der Waals surface area contributed by atoms with Gasteiger partial charge in [-0.25, -0.2) is 22.5 Å². The molecule has 284 valence electrons. The zero-order chi connectivity index (χ0) is 38.9. The summed E-state index contributed by atoms with van der Waals surface area (Å²) >= 11 is 1.20. The first-order valence-corrected chi connectivity index (χ1v) is 18.5. The maximum absolute atomic E-state index is 14.0. The molecule has 3 aliphatic heterocycles. The molecule has 3 aliphatic rings. The van der Waals surface area contributed by atoms with E-state index in [2.05, 4.69) is 15.6 Å². The number of aldehydes is 1. The van der Waals surface area contributed by atoms with Gasteiger partial charge in [-0.15, -0.1) is 11.3 Å². The van der Waals surface area contributed by atoms with Crippen molar-refractivity contribution in [1.29, 1.82) is 0 Å². The van der Waals surface area contributed by atoms with Crippen molar-refractivity contribution in [3.05, 3.63) is 123 Å². The van der Waals surface area contributed by atoms with Crippen LogP contribution in [-0.4, -0.2) is 63.0 Å². The third-order valence-corrected chi connectivity index (χ3v) is 11.4. The Labute approximate surface area is 318 Å². The van der Waals surface area contributed by atoms with E-state index in [0.29, 0.717) is 51.7 Å². The summed E-state index contributed by atoms with van der Waals surface area (Å²) in [5.74, 6) is -3.25. The fourth-order valence-electron chi connectivity index (χ4n) is 7.09. The Bertz CT molecular complexity index is 2250. The van der Waals surface area contributed by atoms with Crippen LogP contribution in [0, 0.1) is 35.6 Å². The third kappa shape index (κ3) is 7.96. The van der Waals surface area contributed by atoms with E-state index in [1.54, 1.807) is 49.4 Å². The molecule has 0 unspecified atom stereocenters. The number of aromatic nitrogens is 1. The number of pyridine rings is 1. The molecule has 0 aliphatic carbocycles. The van der Waals surface area contributed by atoms with Crippen molar-refractivity contribution in [2.75, 3.05) is 60.3 Å². The number of benzene rings is 3. The zero-order valence-corrected chi connectivity index (χ0v) is 30.9. The average molecular weight is 772 g/mol. The number of nitrogens with zero attached hydrogens (tertiary/aromatic N) is 3. The molecule has 2 saturated heterocycles. The van der Waals surface area contributed by atoms with Gasteiger partial charge in [-0.2, -0.15) is 0 Å². The number of carbonyl (C=O) groups excluding carboxylic acids is 3. The molecule has 1 spiro atoms. The number of hydrogen-bond acceptors (Lipinski definition) is 8. The van der Waals surface area contributed by atoms with Crippen LogP contribution in [0.25, 0.3) is 10.4 Å². The van der Waals surface area contributed by atoms with Crippen molar-refractivity contribution in [3.8, 4) is 10.4 Å². The number of fused-ring (bicyclic) bond motifs is 3. The third-order valence-electron chi connectivity index (χ3n) is 10.2. The van der Waals surface area contributed by atoms with Crippen LogP contribution in [0.2, 0.25) is 0 Å². The second kappa shape index (κ2) is 15.6. The number of anilines is 4. The van der Waals surface area contributed by atoms with Gasteiger partial charge in [-0.1, -0.05) is 12.1 Å². The van der Waals surface area contributed by atoms with Crippen LogP contribution in [0.3, 0.4) is 0 Å². The van der Waals surface area contributed by atoms with Crippen molar-refractivity contribution < 1.29 is 36.7 Å². The number of thiophene rings is 1. The lowest BCUT2D eigenvalue weighted by atomic mass is 9.73. The van der Waals surface area contributed by atoms with Crippen LogP contribution in [0.15, 0.2) is 72.9 Å². The molecule has 8 rings (SSSR count). The number of halogens is 4. The predicted octanol–water partition coefficient (Wildman–Crippen LogP) is 8.29. The highest BCUT2D eigenvalue weighted by Crippen LogP contribution is 2.43. The number of para-hydroxylation sites is 1. The molecule has 0 bridgehead atoms. The molecule has 2 fully saturated rings. The smallest absolute Gasteiger partial charge is 0.265 e. The minimum atomic E-state index is -0.929.